The number of carbonyl (C=O) groups is 1. The molecule has 0 bridgehead atoms. The lowest BCUT2D eigenvalue weighted by atomic mass is 9.90. The molecule has 1 aliphatic heterocycles. The Morgan fingerprint density at radius 2 is 2.29 bits per heavy atom. The Bertz CT molecular complexity index is 235. The monoisotopic (exact) mass is 258 g/mol. The van der Waals surface area contributed by atoms with Gasteiger partial charge in [-0.2, -0.15) is 11.8 Å². The first-order valence-electron chi connectivity index (χ1n) is 6.78. The Morgan fingerprint density at radius 3 is 2.94 bits per heavy atom. The molecule has 0 radical (unpaired) electrons. The van der Waals surface area contributed by atoms with E-state index in [1.54, 1.807) is 0 Å². The molecule has 17 heavy (non-hydrogen) atoms. The van der Waals surface area contributed by atoms with Crippen LogP contribution in [0.1, 0.15) is 40.0 Å². The summed E-state index contributed by atoms with van der Waals surface area (Å²) in [5.74, 6) is 3.02. The van der Waals surface area contributed by atoms with E-state index in [4.69, 9.17) is 0 Å². The first-order chi connectivity index (χ1) is 8.17. The van der Waals surface area contributed by atoms with Crippen molar-refractivity contribution < 1.29 is 4.79 Å². The van der Waals surface area contributed by atoms with Crippen LogP contribution in [0.4, 0.5) is 0 Å². The largest absolute Gasteiger partial charge is 0.351 e. The maximum Gasteiger partial charge on any atom is 0.237 e. The van der Waals surface area contributed by atoms with E-state index in [1.165, 1.54) is 12.8 Å². The average molecular weight is 258 g/mol. The van der Waals surface area contributed by atoms with Crippen molar-refractivity contribution in [2.24, 2.45) is 5.92 Å². The first-order valence-corrected chi connectivity index (χ1v) is 7.94. The van der Waals surface area contributed by atoms with Crippen LogP contribution in [0.2, 0.25) is 0 Å². The van der Waals surface area contributed by atoms with E-state index in [9.17, 15) is 4.79 Å². The normalized spacial score (nSPS) is 26.5. The van der Waals surface area contributed by atoms with Crippen molar-refractivity contribution in [3.63, 3.8) is 0 Å². The van der Waals surface area contributed by atoms with Crippen molar-refractivity contribution in [3.8, 4) is 0 Å². The number of carbonyl (C=O) groups excluding carboxylic acids is 1. The predicted molar refractivity (Wildman–Crippen MR) is 75.4 cm³/mol. The summed E-state index contributed by atoms with van der Waals surface area (Å²) in [6.45, 7) is 7.43. The van der Waals surface area contributed by atoms with Gasteiger partial charge in [0.2, 0.25) is 5.91 Å². The van der Waals surface area contributed by atoms with Gasteiger partial charge < -0.3 is 10.6 Å². The van der Waals surface area contributed by atoms with Crippen molar-refractivity contribution in [3.05, 3.63) is 0 Å². The third-order valence-electron chi connectivity index (χ3n) is 3.37. The fourth-order valence-corrected chi connectivity index (χ4v) is 2.92. The Kier molecular flexibility index (Phi) is 6.97. The minimum absolute atomic E-state index is 0.0303. The molecule has 1 heterocycles. The summed E-state index contributed by atoms with van der Waals surface area (Å²) in [7, 11) is 0. The summed E-state index contributed by atoms with van der Waals surface area (Å²) >= 11 is 1.87. The molecule has 4 heteroatoms. The van der Waals surface area contributed by atoms with Gasteiger partial charge in [-0.1, -0.05) is 20.3 Å². The van der Waals surface area contributed by atoms with Crippen LogP contribution in [0.15, 0.2) is 0 Å². The summed E-state index contributed by atoms with van der Waals surface area (Å²) in [5.41, 5.74) is 0. The molecule has 0 saturated carbocycles. The van der Waals surface area contributed by atoms with Gasteiger partial charge in [-0.3, -0.25) is 4.79 Å². The van der Waals surface area contributed by atoms with Gasteiger partial charge in [-0.05, 0) is 38.0 Å². The number of amides is 1. The number of piperidine rings is 1. The lowest BCUT2D eigenvalue weighted by Crippen LogP contribution is -2.51. The highest BCUT2D eigenvalue weighted by Gasteiger charge is 2.26. The fourth-order valence-electron chi connectivity index (χ4n) is 2.25. The van der Waals surface area contributed by atoms with Crippen LogP contribution in [0.3, 0.4) is 0 Å². The summed E-state index contributed by atoms with van der Waals surface area (Å²) in [4.78, 5) is 12.1. The van der Waals surface area contributed by atoms with Gasteiger partial charge >= 0.3 is 0 Å². The maximum atomic E-state index is 12.1. The van der Waals surface area contributed by atoms with Crippen molar-refractivity contribution in [2.75, 3.05) is 18.1 Å². The first kappa shape index (κ1) is 14.8. The van der Waals surface area contributed by atoms with E-state index in [0.717, 1.165) is 24.5 Å². The zero-order valence-electron chi connectivity index (χ0n) is 11.3. The summed E-state index contributed by atoms with van der Waals surface area (Å²) in [6, 6.07) is 0.305. The highest BCUT2D eigenvalue weighted by atomic mass is 32.2. The number of thioether (sulfide) groups is 1. The van der Waals surface area contributed by atoms with E-state index in [2.05, 4.69) is 31.4 Å². The zero-order chi connectivity index (χ0) is 12.7. The van der Waals surface area contributed by atoms with Crippen molar-refractivity contribution in [1.82, 2.24) is 10.6 Å². The van der Waals surface area contributed by atoms with Gasteiger partial charge in [0, 0.05) is 11.8 Å². The Labute approximate surface area is 109 Å². The van der Waals surface area contributed by atoms with Crippen LogP contribution < -0.4 is 10.6 Å². The molecule has 1 saturated heterocycles. The summed E-state index contributed by atoms with van der Waals surface area (Å²) in [6.07, 6.45) is 3.39. The molecule has 1 fully saturated rings. The van der Waals surface area contributed by atoms with E-state index in [-0.39, 0.29) is 18.0 Å². The Morgan fingerprint density at radius 1 is 1.53 bits per heavy atom. The second kappa shape index (κ2) is 7.98. The molecule has 0 aliphatic carbocycles. The minimum Gasteiger partial charge on any atom is -0.351 e. The number of rotatable bonds is 6. The highest BCUT2D eigenvalue weighted by Crippen LogP contribution is 2.19. The van der Waals surface area contributed by atoms with Crippen molar-refractivity contribution in [1.29, 1.82) is 0 Å². The SMILES string of the molecule is CCSCC(C)NC(=O)C1CC(CC)CCN1. The lowest BCUT2D eigenvalue weighted by Gasteiger charge is -2.29. The van der Waals surface area contributed by atoms with E-state index >= 15 is 0 Å². The molecule has 0 aromatic rings. The van der Waals surface area contributed by atoms with E-state index in [1.807, 2.05) is 11.8 Å². The molecule has 1 rings (SSSR count). The zero-order valence-corrected chi connectivity index (χ0v) is 12.1. The second-order valence-corrected chi connectivity index (χ2v) is 6.19. The van der Waals surface area contributed by atoms with Crippen LogP contribution in [0.5, 0.6) is 0 Å². The number of nitrogens with one attached hydrogen (secondary N) is 2. The van der Waals surface area contributed by atoms with Crippen LogP contribution >= 0.6 is 11.8 Å². The molecule has 3 atom stereocenters. The lowest BCUT2D eigenvalue weighted by molar-refractivity contribution is -0.124. The molecule has 3 nitrogen and oxygen atoms in total. The molecule has 3 unspecified atom stereocenters. The van der Waals surface area contributed by atoms with Crippen LogP contribution in [0, 0.1) is 5.92 Å². The quantitative estimate of drug-likeness (QED) is 0.766. The summed E-state index contributed by atoms with van der Waals surface area (Å²) < 4.78 is 0. The van der Waals surface area contributed by atoms with Gasteiger partial charge in [-0.25, -0.2) is 0 Å². The molecule has 2 N–H and O–H groups in total. The molecule has 1 aliphatic rings. The van der Waals surface area contributed by atoms with Crippen molar-refractivity contribution in [2.45, 2.75) is 52.1 Å². The van der Waals surface area contributed by atoms with Crippen LogP contribution in [-0.2, 0) is 4.79 Å². The smallest absolute Gasteiger partial charge is 0.237 e. The number of hydrogen-bond donors (Lipinski definition) is 2. The van der Waals surface area contributed by atoms with Crippen LogP contribution in [-0.4, -0.2) is 36.0 Å². The van der Waals surface area contributed by atoms with Crippen LogP contribution in [0.25, 0.3) is 0 Å². The van der Waals surface area contributed by atoms with E-state index < -0.39 is 0 Å². The molecular weight excluding hydrogens is 232 g/mol. The molecule has 1 amide bonds. The summed E-state index contributed by atoms with van der Waals surface area (Å²) in [5, 5.41) is 6.43. The van der Waals surface area contributed by atoms with Gasteiger partial charge in [-0.15, -0.1) is 0 Å². The molecule has 0 aromatic carbocycles. The number of hydrogen-bond acceptors (Lipinski definition) is 3. The molecule has 0 spiro atoms. The van der Waals surface area contributed by atoms with Gasteiger partial charge in [0.1, 0.15) is 0 Å². The average Bonchev–Trinajstić information content (AvgIpc) is 2.36. The Hall–Kier alpha value is -0.220. The topological polar surface area (TPSA) is 41.1 Å². The fraction of sp³-hybridized carbons (Fsp3) is 0.923. The molecule has 0 aromatic heterocycles. The second-order valence-electron chi connectivity index (χ2n) is 4.87. The minimum atomic E-state index is 0.0303. The maximum absolute atomic E-state index is 12.1. The standard InChI is InChI=1S/C13H26N2OS/c1-4-11-6-7-14-12(8-11)13(16)15-10(3)9-17-5-2/h10-12,14H,4-9H2,1-3H3,(H,15,16). The Balaban J connectivity index is 2.31. The van der Waals surface area contributed by atoms with Gasteiger partial charge in [0.05, 0.1) is 6.04 Å². The highest BCUT2D eigenvalue weighted by molar-refractivity contribution is 7.99. The van der Waals surface area contributed by atoms with Crippen molar-refractivity contribution >= 4 is 17.7 Å². The predicted octanol–water partition coefficient (Wildman–Crippen LogP) is 2.02. The third kappa shape index (κ3) is 5.30. The van der Waals surface area contributed by atoms with Gasteiger partial charge in [0.25, 0.3) is 0 Å². The third-order valence-corrected chi connectivity index (χ3v) is 4.51. The molecular formula is C13H26N2OS. The van der Waals surface area contributed by atoms with Gasteiger partial charge in [0.15, 0.2) is 0 Å². The van der Waals surface area contributed by atoms with E-state index in [0.29, 0.717) is 5.92 Å². The molecule has 100 valence electrons.